The Balaban J connectivity index is 2.22. The van der Waals surface area contributed by atoms with Gasteiger partial charge in [0.1, 0.15) is 5.69 Å². The summed E-state index contributed by atoms with van der Waals surface area (Å²) in [6.07, 6.45) is 4.40. The highest BCUT2D eigenvalue weighted by atomic mass is 35.5. The van der Waals surface area contributed by atoms with Crippen LogP contribution in [0, 0.1) is 6.92 Å². The smallest absolute Gasteiger partial charge is 0.275 e. The van der Waals surface area contributed by atoms with E-state index in [0.717, 1.165) is 5.56 Å². The molecule has 17 heavy (non-hydrogen) atoms. The van der Waals surface area contributed by atoms with Gasteiger partial charge in [0, 0.05) is 23.1 Å². The summed E-state index contributed by atoms with van der Waals surface area (Å²) in [5.41, 5.74) is 1.88. The minimum absolute atomic E-state index is 0.270. The average molecular weight is 248 g/mol. The summed E-state index contributed by atoms with van der Waals surface area (Å²) in [4.78, 5) is 19.6. The van der Waals surface area contributed by atoms with Crippen LogP contribution in [0.15, 0.2) is 36.8 Å². The number of amides is 1. The van der Waals surface area contributed by atoms with E-state index < -0.39 is 0 Å². The lowest BCUT2D eigenvalue weighted by Crippen LogP contribution is -2.14. The normalized spacial score (nSPS) is 10.0. The Labute approximate surface area is 104 Å². The first kappa shape index (κ1) is 11.5. The highest BCUT2D eigenvalue weighted by Gasteiger charge is 2.09. The molecule has 1 amide bonds. The molecule has 0 aliphatic heterocycles. The molecule has 5 heteroatoms. The molecule has 0 aliphatic rings. The second kappa shape index (κ2) is 4.93. The van der Waals surface area contributed by atoms with E-state index in [0.29, 0.717) is 10.7 Å². The molecule has 1 aromatic heterocycles. The highest BCUT2D eigenvalue weighted by molar-refractivity contribution is 6.31. The maximum atomic E-state index is 11.8. The van der Waals surface area contributed by atoms with Gasteiger partial charge in [0.15, 0.2) is 0 Å². The molecular formula is C12H10ClN3O. The van der Waals surface area contributed by atoms with Gasteiger partial charge in [0.2, 0.25) is 0 Å². The van der Waals surface area contributed by atoms with Crippen molar-refractivity contribution < 1.29 is 4.79 Å². The van der Waals surface area contributed by atoms with E-state index in [1.165, 1.54) is 18.6 Å². The van der Waals surface area contributed by atoms with Gasteiger partial charge in [0.25, 0.3) is 5.91 Å². The third-order valence-corrected chi connectivity index (χ3v) is 2.48. The van der Waals surface area contributed by atoms with Crippen LogP contribution in [0.2, 0.25) is 5.02 Å². The largest absolute Gasteiger partial charge is 0.320 e. The van der Waals surface area contributed by atoms with Gasteiger partial charge in [-0.3, -0.25) is 9.78 Å². The zero-order valence-electron chi connectivity index (χ0n) is 9.14. The first-order valence-electron chi connectivity index (χ1n) is 5.00. The summed E-state index contributed by atoms with van der Waals surface area (Å²) >= 11 is 5.87. The number of benzene rings is 1. The van der Waals surface area contributed by atoms with Crippen LogP contribution in [0.3, 0.4) is 0 Å². The molecule has 0 radical (unpaired) electrons. The van der Waals surface area contributed by atoms with Gasteiger partial charge in [-0.15, -0.1) is 0 Å². The summed E-state index contributed by atoms with van der Waals surface area (Å²) in [6.45, 7) is 1.89. The van der Waals surface area contributed by atoms with Crippen LogP contribution in [-0.4, -0.2) is 15.9 Å². The summed E-state index contributed by atoms with van der Waals surface area (Å²) in [5.74, 6) is -0.302. The number of rotatable bonds is 2. The number of aromatic nitrogens is 2. The van der Waals surface area contributed by atoms with Crippen LogP contribution >= 0.6 is 11.6 Å². The zero-order chi connectivity index (χ0) is 12.3. The van der Waals surface area contributed by atoms with Crippen molar-refractivity contribution in [1.82, 2.24) is 9.97 Å². The number of halogens is 1. The molecule has 0 spiro atoms. The number of aryl methyl sites for hydroxylation is 1. The number of nitrogens with zero attached hydrogens (tertiary/aromatic N) is 2. The Bertz CT molecular complexity index is 543. The lowest BCUT2D eigenvalue weighted by atomic mass is 10.2. The van der Waals surface area contributed by atoms with Crippen LogP contribution in [0.4, 0.5) is 5.69 Å². The molecule has 0 unspecified atom stereocenters. The molecular weight excluding hydrogens is 238 g/mol. The molecule has 0 atom stereocenters. The number of nitrogens with one attached hydrogen (secondary N) is 1. The second-order valence-corrected chi connectivity index (χ2v) is 3.94. The SMILES string of the molecule is Cc1ccc(Cl)cc1NC(=O)c1cnccn1. The van der Waals surface area contributed by atoms with Crippen LogP contribution in [0.25, 0.3) is 0 Å². The fourth-order valence-corrected chi connectivity index (χ4v) is 1.50. The number of anilines is 1. The van der Waals surface area contributed by atoms with E-state index in [4.69, 9.17) is 11.6 Å². The Hall–Kier alpha value is -1.94. The van der Waals surface area contributed by atoms with E-state index in [2.05, 4.69) is 15.3 Å². The Kier molecular flexibility index (Phi) is 3.35. The number of carbonyl (C=O) groups is 1. The van der Waals surface area contributed by atoms with Gasteiger partial charge in [-0.05, 0) is 24.6 Å². The molecule has 0 bridgehead atoms. The van der Waals surface area contributed by atoms with Crippen LogP contribution in [0.5, 0.6) is 0 Å². The lowest BCUT2D eigenvalue weighted by molar-refractivity contribution is 0.102. The second-order valence-electron chi connectivity index (χ2n) is 3.50. The molecule has 0 aliphatic carbocycles. The van der Waals surface area contributed by atoms with Crippen LogP contribution in [0.1, 0.15) is 16.1 Å². The monoisotopic (exact) mass is 247 g/mol. The fourth-order valence-electron chi connectivity index (χ4n) is 1.33. The van der Waals surface area contributed by atoms with Gasteiger partial charge >= 0.3 is 0 Å². The zero-order valence-corrected chi connectivity index (χ0v) is 9.90. The summed E-state index contributed by atoms with van der Waals surface area (Å²) in [6, 6.07) is 5.31. The predicted molar refractivity (Wildman–Crippen MR) is 66.2 cm³/mol. The molecule has 4 nitrogen and oxygen atoms in total. The molecule has 2 rings (SSSR count). The van der Waals surface area contributed by atoms with Gasteiger partial charge < -0.3 is 5.32 Å². The highest BCUT2D eigenvalue weighted by Crippen LogP contribution is 2.20. The first-order chi connectivity index (χ1) is 8.16. The van der Waals surface area contributed by atoms with Crippen molar-refractivity contribution in [2.45, 2.75) is 6.92 Å². The maximum Gasteiger partial charge on any atom is 0.275 e. The maximum absolute atomic E-state index is 11.8. The Morgan fingerprint density at radius 2 is 2.18 bits per heavy atom. The molecule has 2 aromatic rings. The Morgan fingerprint density at radius 3 is 2.88 bits per heavy atom. The van der Waals surface area contributed by atoms with Crippen molar-refractivity contribution in [3.8, 4) is 0 Å². The quantitative estimate of drug-likeness (QED) is 0.888. The standard InChI is InChI=1S/C12H10ClN3O/c1-8-2-3-9(13)6-10(8)16-12(17)11-7-14-4-5-15-11/h2-7H,1H3,(H,16,17). The van der Waals surface area contributed by atoms with Gasteiger partial charge in [0.05, 0.1) is 6.20 Å². The first-order valence-corrected chi connectivity index (χ1v) is 5.38. The minimum atomic E-state index is -0.302. The summed E-state index contributed by atoms with van der Waals surface area (Å²) in [5, 5.41) is 3.32. The van der Waals surface area contributed by atoms with E-state index in [1.54, 1.807) is 12.1 Å². The fraction of sp³-hybridized carbons (Fsp3) is 0.0833. The average Bonchev–Trinajstić information content (AvgIpc) is 2.35. The van der Waals surface area contributed by atoms with Crippen molar-refractivity contribution in [3.63, 3.8) is 0 Å². The lowest BCUT2D eigenvalue weighted by Gasteiger charge is -2.07. The third kappa shape index (κ3) is 2.79. The van der Waals surface area contributed by atoms with Crippen molar-refractivity contribution >= 4 is 23.2 Å². The van der Waals surface area contributed by atoms with E-state index in [1.807, 2.05) is 13.0 Å². The molecule has 86 valence electrons. The molecule has 1 N–H and O–H groups in total. The predicted octanol–water partition coefficient (Wildman–Crippen LogP) is 2.69. The molecule has 1 aromatic carbocycles. The van der Waals surface area contributed by atoms with E-state index >= 15 is 0 Å². The minimum Gasteiger partial charge on any atom is -0.320 e. The number of hydrogen-bond donors (Lipinski definition) is 1. The number of carbonyl (C=O) groups excluding carboxylic acids is 1. The van der Waals surface area contributed by atoms with Gasteiger partial charge in [-0.25, -0.2) is 4.98 Å². The van der Waals surface area contributed by atoms with Crippen molar-refractivity contribution in [3.05, 3.63) is 53.1 Å². The van der Waals surface area contributed by atoms with Gasteiger partial charge in [-0.2, -0.15) is 0 Å². The van der Waals surface area contributed by atoms with E-state index in [9.17, 15) is 4.79 Å². The van der Waals surface area contributed by atoms with Crippen molar-refractivity contribution in [1.29, 1.82) is 0 Å². The van der Waals surface area contributed by atoms with Gasteiger partial charge in [-0.1, -0.05) is 17.7 Å². The Morgan fingerprint density at radius 1 is 1.35 bits per heavy atom. The van der Waals surface area contributed by atoms with E-state index in [-0.39, 0.29) is 11.6 Å². The van der Waals surface area contributed by atoms with Crippen molar-refractivity contribution in [2.24, 2.45) is 0 Å². The molecule has 0 fully saturated rings. The number of hydrogen-bond acceptors (Lipinski definition) is 3. The third-order valence-electron chi connectivity index (χ3n) is 2.24. The van der Waals surface area contributed by atoms with Crippen LogP contribution < -0.4 is 5.32 Å². The molecule has 1 heterocycles. The summed E-state index contributed by atoms with van der Waals surface area (Å²) in [7, 11) is 0. The molecule has 0 saturated carbocycles. The summed E-state index contributed by atoms with van der Waals surface area (Å²) < 4.78 is 0. The topological polar surface area (TPSA) is 54.9 Å². The van der Waals surface area contributed by atoms with Crippen molar-refractivity contribution in [2.75, 3.05) is 5.32 Å². The molecule has 0 saturated heterocycles. The van der Waals surface area contributed by atoms with Crippen LogP contribution in [-0.2, 0) is 0 Å².